The van der Waals surface area contributed by atoms with Crippen LogP contribution in [0.1, 0.15) is 12.8 Å². The summed E-state index contributed by atoms with van der Waals surface area (Å²) in [7, 11) is 1.59. The molecule has 0 aromatic rings. The number of hydrogen-bond acceptors (Lipinski definition) is 4. The summed E-state index contributed by atoms with van der Waals surface area (Å²) in [6.45, 7) is 1.79. The van der Waals surface area contributed by atoms with Gasteiger partial charge in [0.15, 0.2) is 0 Å². The number of methoxy groups -OCH3 is 1. The average Bonchev–Trinajstić information content (AvgIpc) is 2.72. The van der Waals surface area contributed by atoms with Crippen molar-refractivity contribution in [1.29, 1.82) is 0 Å². The SMILES string of the molecule is COCCOCC(=O)N1CCC[C@H]1CO. The smallest absolute Gasteiger partial charge is 0.248 e. The molecule has 1 N–H and O–H groups in total. The Hall–Kier alpha value is -0.650. The second kappa shape index (κ2) is 6.76. The molecular weight excluding hydrogens is 198 g/mol. The number of nitrogens with zero attached hydrogens (tertiary/aromatic N) is 1. The van der Waals surface area contributed by atoms with Crippen LogP contribution in [0.2, 0.25) is 0 Å². The first-order valence-corrected chi connectivity index (χ1v) is 5.26. The summed E-state index contributed by atoms with van der Waals surface area (Å²) in [4.78, 5) is 13.3. The largest absolute Gasteiger partial charge is 0.394 e. The molecule has 88 valence electrons. The lowest BCUT2D eigenvalue weighted by molar-refractivity contribution is -0.138. The number of rotatable bonds is 6. The highest BCUT2D eigenvalue weighted by molar-refractivity contribution is 5.78. The molecule has 1 fully saturated rings. The fraction of sp³-hybridized carbons (Fsp3) is 0.900. The van der Waals surface area contributed by atoms with Crippen LogP contribution in [0.25, 0.3) is 0 Å². The van der Waals surface area contributed by atoms with Gasteiger partial charge in [0, 0.05) is 13.7 Å². The fourth-order valence-electron chi connectivity index (χ4n) is 1.74. The van der Waals surface area contributed by atoms with E-state index in [2.05, 4.69) is 0 Å². The third-order valence-corrected chi connectivity index (χ3v) is 2.57. The third-order valence-electron chi connectivity index (χ3n) is 2.57. The molecule has 1 amide bonds. The van der Waals surface area contributed by atoms with E-state index in [1.54, 1.807) is 12.0 Å². The minimum absolute atomic E-state index is 0.0106. The molecule has 0 aromatic carbocycles. The van der Waals surface area contributed by atoms with Crippen LogP contribution in [0.3, 0.4) is 0 Å². The molecule has 0 saturated carbocycles. The monoisotopic (exact) mass is 217 g/mol. The van der Waals surface area contributed by atoms with Gasteiger partial charge < -0.3 is 19.5 Å². The van der Waals surface area contributed by atoms with Crippen molar-refractivity contribution in [3.8, 4) is 0 Å². The summed E-state index contributed by atoms with van der Waals surface area (Å²) < 4.78 is 9.94. The molecule has 5 heteroatoms. The number of likely N-dealkylation sites (tertiary alicyclic amines) is 1. The molecule has 0 aliphatic carbocycles. The van der Waals surface area contributed by atoms with Gasteiger partial charge in [-0.3, -0.25) is 4.79 Å². The molecular formula is C10H19NO4. The van der Waals surface area contributed by atoms with Gasteiger partial charge >= 0.3 is 0 Å². The van der Waals surface area contributed by atoms with Crippen molar-refractivity contribution >= 4 is 5.91 Å². The Morgan fingerprint density at radius 2 is 2.33 bits per heavy atom. The molecule has 15 heavy (non-hydrogen) atoms. The van der Waals surface area contributed by atoms with Gasteiger partial charge in [-0.15, -0.1) is 0 Å². The maximum atomic E-state index is 11.6. The molecule has 1 atom stereocenters. The van der Waals surface area contributed by atoms with Crippen LogP contribution >= 0.6 is 0 Å². The highest BCUT2D eigenvalue weighted by atomic mass is 16.5. The third kappa shape index (κ3) is 3.77. The van der Waals surface area contributed by atoms with Crippen molar-refractivity contribution in [3.63, 3.8) is 0 Å². The first-order valence-electron chi connectivity index (χ1n) is 5.26. The summed E-state index contributed by atoms with van der Waals surface area (Å²) in [5, 5.41) is 9.04. The van der Waals surface area contributed by atoms with Gasteiger partial charge in [0.05, 0.1) is 25.9 Å². The average molecular weight is 217 g/mol. The van der Waals surface area contributed by atoms with E-state index in [9.17, 15) is 4.79 Å². The zero-order valence-electron chi connectivity index (χ0n) is 9.15. The number of hydrogen-bond donors (Lipinski definition) is 1. The van der Waals surface area contributed by atoms with Crippen LogP contribution in [0, 0.1) is 0 Å². The molecule has 0 bridgehead atoms. The summed E-state index contributed by atoms with van der Waals surface area (Å²) in [6.07, 6.45) is 1.86. The molecule has 1 saturated heterocycles. The number of ether oxygens (including phenoxy) is 2. The first kappa shape index (κ1) is 12.4. The molecule has 0 unspecified atom stereocenters. The number of carbonyl (C=O) groups is 1. The van der Waals surface area contributed by atoms with Crippen LogP contribution < -0.4 is 0 Å². The normalized spacial score (nSPS) is 20.9. The van der Waals surface area contributed by atoms with E-state index in [0.717, 1.165) is 19.4 Å². The van der Waals surface area contributed by atoms with E-state index < -0.39 is 0 Å². The lowest BCUT2D eigenvalue weighted by Gasteiger charge is -2.22. The lowest BCUT2D eigenvalue weighted by atomic mass is 10.2. The fourth-order valence-corrected chi connectivity index (χ4v) is 1.74. The van der Waals surface area contributed by atoms with Crippen molar-refractivity contribution in [2.45, 2.75) is 18.9 Å². The van der Waals surface area contributed by atoms with E-state index in [0.29, 0.717) is 13.2 Å². The van der Waals surface area contributed by atoms with Gasteiger partial charge in [-0.05, 0) is 12.8 Å². The number of aliphatic hydroxyl groups is 1. The number of aliphatic hydroxyl groups excluding tert-OH is 1. The second-order valence-electron chi connectivity index (χ2n) is 3.61. The van der Waals surface area contributed by atoms with E-state index in [4.69, 9.17) is 14.6 Å². The minimum Gasteiger partial charge on any atom is -0.394 e. The van der Waals surface area contributed by atoms with Gasteiger partial charge in [-0.25, -0.2) is 0 Å². The second-order valence-corrected chi connectivity index (χ2v) is 3.61. The lowest BCUT2D eigenvalue weighted by Crippen LogP contribution is -2.39. The van der Waals surface area contributed by atoms with Crippen molar-refractivity contribution in [3.05, 3.63) is 0 Å². The van der Waals surface area contributed by atoms with Gasteiger partial charge in [-0.2, -0.15) is 0 Å². The number of carbonyl (C=O) groups excluding carboxylic acids is 1. The maximum Gasteiger partial charge on any atom is 0.248 e. The van der Waals surface area contributed by atoms with Gasteiger partial charge in [0.25, 0.3) is 0 Å². The molecule has 0 aromatic heterocycles. The standard InChI is InChI=1S/C10H19NO4/c1-14-5-6-15-8-10(13)11-4-2-3-9(11)7-12/h9,12H,2-8H2,1H3/t9-/m0/s1. The first-order chi connectivity index (χ1) is 7.29. The molecule has 1 aliphatic heterocycles. The Bertz CT molecular complexity index is 198. The van der Waals surface area contributed by atoms with Crippen molar-refractivity contribution < 1.29 is 19.4 Å². The highest BCUT2D eigenvalue weighted by Crippen LogP contribution is 2.16. The Kier molecular flexibility index (Phi) is 5.60. The van der Waals surface area contributed by atoms with Gasteiger partial charge in [-0.1, -0.05) is 0 Å². The van der Waals surface area contributed by atoms with E-state index >= 15 is 0 Å². The van der Waals surface area contributed by atoms with E-state index in [1.165, 1.54) is 0 Å². The Morgan fingerprint density at radius 1 is 1.53 bits per heavy atom. The summed E-state index contributed by atoms with van der Waals surface area (Å²) in [5.41, 5.74) is 0. The molecule has 0 radical (unpaired) electrons. The molecule has 1 rings (SSSR count). The minimum atomic E-state index is -0.0392. The van der Waals surface area contributed by atoms with Crippen molar-refractivity contribution in [2.24, 2.45) is 0 Å². The van der Waals surface area contributed by atoms with Crippen molar-refractivity contribution in [1.82, 2.24) is 4.90 Å². The Labute approximate surface area is 90.0 Å². The zero-order chi connectivity index (χ0) is 11.1. The van der Waals surface area contributed by atoms with E-state index in [-0.39, 0.29) is 25.2 Å². The quantitative estimate of drug-likeness (QED) is 0.617. The van der Waals surface area contributed by atoms with Crippen molar-refractivity contribution in [2.75, 3.05) is 40.1 Å². The van der Waals surface area contributed by atoms with Crippen LogP contribution in [-0.4, -0.2) is 62.0 Å². The maximum absolute atomic E-state index is 11.6. The van der Waals surface area contributed by atoms with Gasteiger partial charge in [0.1, 0.15) is 6.61 Å². The van der Waals surface area contributed by atoms with E-state index in [1.807, 2.05) is 0 Å². The molecule has 5 nitrogen and oxygen atoms in total. The summed E-state index contributed by atoms with van der Waals surface area (Å²) in [6, 6.07) is -0.0106. The highest BCUT2D eigenvalue weighted by Gasteiger charge is 2.27. The van der Waals surface area contributed by atoms with Crippen LogP contribution in [0.5, 0.6) is 0 Å². The number of amides is 1. The Morgan fingerprint density at radius 3 is 3.00 bits per heavy atom. The van der Waals surface area contributed by atoms with Crippen LogP contribution in [0.4, 0.5) is 0 Å². The van der Waals surface area contributed by atoms with Crippen LogP contribution in [0.15, 0.2) is 0 Å². The molecule has 0 spiro atoms. The summed E-state index contributed by atoms with van der Waals surface area (Å²) >= 11 is 0. The Balaban J connectivity index is 2.21. The predicted octanol–water partition coefficient (Wildman–Crippen LogP) is -0.367. The topological polar surface area (TPSA) is 59.0 Å². The summed E-state index contributed by atoms with van der Waals surface area (Å²) in [5.74, 6) is -0.0392. The predicted molar refractivity (Wildman–Crippen MR) is 54.5 cm³/mol. The zero-order valence-corrected chi connectivity index (χ0v) is 9.15. The molecule has 1 heterocycles. The molecule has 1 aliphatic rings. The van der Waals surface area contributed by atoms with Crippen LogP contribution in [-0.2, 0) is 14.3 Å². The van der Waals surface area contributed by atoms with Gasteiger partial charge in [0.2, 0.25) is 5.91 Å².